The van der Waals surface area contributed by atoms with Crippen molar-refractivity contribution < 1.29 is 18.7 Å². The molecule has 6 nitrogen and oxygen atoms in total. The number of pyridine rings is 1. The minimum atomic E-state index is -0.488. The molecule has 1 aromatic carbocycles. The fraction of sp³-hybridized carbons (Fsp3) is 0.118. The number of rotatable bonds is 4. The van der Waals surface area contributed by atoms with Gasteiger partial charge in [0.15, 0.2) is 0 Å². The van der Waals surface area contributed by atoms with Gasteiger partial charge in [0.1, 0.15) is 11.4 Å². The van der Waals surface area contributed by atoms with Gasteiger partial charge in [-0.3, -0.25) is 4.79 Å². The molecule has 0 saturated heterocycles. The van der Waals surface area contributed by atoms with Crippen molar-refractivity contribution in [3.63, 3.8) is 0 Å². The van der Waals surface area contributed by atoms with E-state index in [0.29, 0.717) is 16.8 Å². The molecule has 3 rings (SSSR count). The van der Waals surface area contributed by atoms with E-state index in [0.717, 1.165) is 6.07 Å². The lowest BCUT2D eigenvalue weighted by atomic mass is 10.2. The summed E-state index contributed by atoms with van der Waals surface area (Å²) in [5, 5.41) is 6.73. The predicted octanol–water partition coefficient (Wildman–Crippen LogP) is 2.90. The minimum Gasteiger partial charge on any atom is -0.462 e. The van der Waals surface area contributed by atoms with Crippen LogP contribution in [0, 0.1) is 5.82 Å². The number of hydrogen-bond donors (Lipinski definition) is 1. The topological polar surface area (TPSA) is 72.7 Å². The van der Waals surface area contributed by atoms with Crippen molar-refractivity contribution in [1.82, 2.24) is 9.61 Å². The predicted molar refractivity (Wildman–Crippen MR) is 85.5 cm³/mol. The summed E-state index contributed by atoms with van der Waals surface area (Å²) in [7, 11) is 0. The zero-order valence-electron chi connectivity index (χ0n) is 12.8. The SMILES string of the molecule is CCOC(=O)c1cnn2ccc(NC(=O)c3cccc(F)c3)cc12. The number of nitrogens with one attached hydrogen (secondary N) is 1. The monoisotopic (exact) mass is 327 g/mol. The Hall–Kier alpha value is -3.22. The molecule has 1 amide bonds. The second-order valence-corrected chi connectivity index (χ2v) is 4.99. The molecular formula is C17H14FN3O3. The van der Waals surface area contributed by atoms with E-state index in [1.807, 2.05) is 0 Å². The summed E-state index contributed by atoms with van der Waals surface area (Å²) in [5.41, 5.74) is 1.47. The van der Waals surface area contributed by atoms with Crippen LogP contribution in [-0.2, 0) is 4.74 Å². The fourth-order valence-electron chi connectivity index (χ4n) is 2.26. The third-order valence-corrected chi connectivity index (χ3v) is 3.36. The minimum absolute atomic E-state index is 0.203. The molecule has 2 aromatic heterocycles. The summed E-state index contributed by atoms with van der Waals surface area (Å²) in [6, 6.07) is 8.63. The van der Waals surface area contributed by atoms with E-state index in [1.165, 1.54) is 28.9 Å². The van der Waals surface area contributed by atoms with Crippen molar-refractivity contribution in [2.45, 2.75) is 6.92 Å². The van der Waals surface area contributed by atoms with Crippen LogP contribution in [-0.4, -0.2) is 28.1 Å². The summed E-state index contributed by atoms with van der Waals surface area (Å²) in [6.45, 7) is 1.97. The summed E-state index contributed by atoms with van der Waals surface area (Å²) in [5.74, 6) is -1.42. The Bertz CT molecular complexity index is 920. The van der Waals surface area contributed by atoms with E-state index < -0.39 is 17.7 Å². The van der Waals surface area contributed by atoms with E-state index in [2.05, 4.69) is 10.4 Å². The van der Waals surface area contributed by atoms with E-state index >= 15 is 0 Å². The molecule has 0 bridgehead atoms. The number of amides is 1. The summed E-state index contributed by atoms with van der Waals surface area (Å²) in [4.78, 5) is 24.1. The highest BCUT2D eigenvalue weighted by atomic mass is 19.1. The van der Waals surface area contributed by atoms with Crippen LogP contribution in [0.15, 0.2) is 48.8 Å². The molecule has 0 radical (unpaired) electrons. The highest BCUT2D eigenvalue weighted by molar-refractivity contribution is 6.05. The van der Waals surface area contributed by atoms with Gasteiger partial charge in [0.25, 0.3) is 5.91 Å². The van der Waals surface area contributed by atoms with Gasteiger partial charge in [-0.1, -0.05) is 6.07 Å². The van der Waals surface area contributed by atoms with Crippen LogP contribution < -0.4 is 5.32 Å². The molecule has 0 saturated carbocycles. The molecule has 7 heteroatoms. The molecule has 0 aliphatic carbocycles. The van der Waals surface area contributed by atoms with Crippen molar-refractivity contribution in [3.8, 4) is 0 Å². The highest BCUT2D eigenvalue weighted by Crippen LogP contribution is 2.18. The van der Waals surface area contributed by atoms with E-state index in [-0.39, 0.29) is 12.2 Å². The van der Waals surface area contributed by atoms with Crippen LogP contribution in [0.3, 0.4) is 0 Å². The number of carbonyl (C=O) groups is 2. The van der Waals surface area contributed by atoms with Crippen LogP contribution in [0.25, 0.3) is 5.52 Å². The number of fused-ring (bicyclic) bond motifs is 1. The number of aromatic nitrogens is 2. The maximum Gasteiger partial charge on any atom is 0.341 e. The molecule has 3 aromatic rings. The molecule has 0 aliphatic heterocycles. The van der Waals surface area contributed by atoms with Gasteiger partial charge in [-0.2, -0.15) is 5.10 Å². The maximum atomic E-state index is 13.2. The highest BCUT2D eigenvalue weighted by Gasteiger charge is 2.15. The van der Waals surface area contributed by atoms with Gasteiger partial charge in [0.2, 0.25) is 0 Å². The molecule has 2 heterocycles. The largest absolute Gasteiger partial charge is 0.462 e. The fourth-order valence-corrected chi connectivity index (χ4v) is 2.26. The maximum absolute atomic E-state index is 13.2. The second kappa shape index (κ2) is 6.49. The number of carbonyl (C=O) groups excluding carboxylic acids is 2. The lowest BCUT2D eigenvalue weighted by molar-refractivity contribution is 0.0528. The third-order valence-electron chi connectivity index (χ3n) is 3.36. The molecular weight excluding hydrogens is 313 g/mol. The Labute approximate surface area is 136 Å². The Balaban J connectivity index is 1.89. The van der Waals surface area contributed by atoms with E-state index in [1.54, 1.807) is 25.3 Å². The normalized spacial score (nSPS) is 10.6. The number of benzene rings is 1. The van der Waals surface area contributed by atoms with Crippen LogP contribution >= 0.6 is 0 Å². The van der Waals surface area contributed by atoms with Gasteiger partial charge in [-0.25, -0.2) is 13.7 Å². The van der Waals surface area contributed by atoms with Crippen molar-refractivity contribution in [3.05, 3.63) is 65.7 Å². The number of nitrogens with zero attached hydrogens (tertiary/aromatic N) is 2. The van der Waals surface area contributed by atoms with Gasteiger partial charge in [0, 0.05) is 17.4 Å². The zero-order valence-corrected chi connectivity index (χ0v) is 12.8. The molecule has 0 unspecified atom stereocenters. The van der Waals surface area contributed by atoms with Crippen LogP contribution in [0.2, 0.25) is 0 Å². The lowest BCUT2D eigenvalue weighted by Crippen LogP contribution is -2.12. The van der Waals surface area contributed by atoms with E-state index in [4.69, 9.17) is 4.74 Å². The van der Waals surface area contributed by atoms with Gasteiger partial charge < -0.3 is 10.1 Å². The van der Waals surface area contributed by atoms with Gasteiger partial charge in [-0.05, 0) is 37.3 Å². The van der Waals surface area contributed by atoms with Crippen LogP contribution in [0.4, 0.5) is 10.1 Å². The average Bonchev–Trinajstić information content (AvgIpc) is 2.98. The molecule has 0 aliphatic rings. The molecule has 0 spiro atoms. The first-order valence-electron chi connectivity index (χ1n) is 7.30. The van der Waals surface area contributed by atoms with Gasteiger partial charge >= 0.3 is 5.97 Å². The molecule has 1 N–H and O–H groups in total. The summed E-state index contributed by atoms with van der Waals surface area (Å²) < 4.78 is 19.7. The van der Waals surface area contributed by atoms with Crippen LogP contribution in [0.5, 0.6) is 0 Å². The zero-order chi connectivity index (χ0) is 17.1. The Morgan fingerprint density at radius 3 is 2.88 bits per heavy atom. The quantitative estimate of drug-likeness (QED) is 0.748. The van der Waals surface area contributed by atoms with Crippen molar-refractivity contribution in [2.24, 2.45) is 0 Å². The Morgan fingerprint density at radius 2 is 2.12 bits per heavy atom. The van der Waals surface area contributed by atoms with Crippen molar-refractivity contribution in [1.29, 1.82) is 0 Å². The summed E-state index contributed by atoms with van der Waals surface area (Å²) >= 11 is 0. The Morgan fingerprint density at radius 1 is 1.29 bits per heavy atom. The smallest absolute Gasteiger partial charge is 0.341 e. The molecule has 0 fully saturated rings. The molecule has 122 valence electrons. The first-order chi connectivity index (χ1) is 11.6. The van der Waals surface area contributed by atoms with Gasteiger partial charge in [0.05, 0.1) is 18.3 Å². The first kappa shape index (κ1) is 15.7. The van der Waals surface area contributed by atoms with Crippen LogP contribution in [0.1, 0.15) is 27.6 Å². The average molecular weight is 327 g/mol. The van der Waals surface area contributed by atoms with Crippen molar-refractivity contribution in [2.75, 3.05) is 11.9 Å². The van der Waals surface area contributed by atoms with Gasteiger partial charge in [-0.15, -0.1) is 0 Å². The molecule has 0 atom stereocenters. The second-order valence-electron chi connectivity index (χ2n) is 4.99. The summed E-state index contributed by atoms with van der Waals surface area (Å²) in [6.07, 6.45) is 3.02. The van der Waals surface area contributed by atoms with E-state index in [9.17, 15) is 14.0 Å². The Kier molecular flexibility index (Phi) is 4.24. The number of esters is 1. The third kappa shape index (κ3) is 3.10. The van der Waals surface area contributed by atoms with Crippen molar-refractivity contribution >= 4 is 23.1 Å². The number of hydrogen-bond acceptors (Lipinski definition) is 4. The number of anilines is 1. The molecule has 24 heavy (non-hydrogen) atoms. The first-order valence-corrected chi connectivity index (χ1v) is 7.30. The number of halogens is 1. The lowest BCUT2D eigenvalue weighted by Gasteiger charge is -2.06. The standard InChI is InChI=1S/C17H14FN3O3/c1-2-24-17(23)14-10-19-21-7-6-13(9-15(14)21)20-16(22)11-4-3-5-12(18)8-11/h3-10H,2H2,1H3,(H,20,22). The number of ether oxygens (including phenoxy) is 1.